The van der Waals surface area contributed by atoms with Crippen LogP contribution in [0.1, 0.15) is 99.5 Å². The number of unbranched alkanes of at least 4 members (excludes halogenated alkanes) is 8. The standard InChI is InChI=1S/C21H32Cl2O4/c1-3-5-7-9-11-13-15-16(14-12-10-8-6-4-2)18(22)20(25)19(24)17(15)21(26)27-23/h24-25H,3-14H2,1-2H3. The Labute approximate surface area is 173 Å². The van der Waals surface area contributed by atoms with Gasteiger partial charge in [-0.2, -0.15) is 0 Å². The summed E-state index contributed by atoms with van der Waals surface area (Å²) in [6, 6.07) is 0. The molecule has 0 radical (unpaired) electrons. The van der Waals surface area contributed by atoms with Gasteiger partial charge in [0, 0.05) is 0 Å². The van der Waals surface area contributed by atoms with Gasteiger partial charge in [0.1, 0.15) is 17.4 Å². The molecule has 0 atom stereocenters. The molecule has 0 unspecified atom stereocenters. The van der Waals surface area contributed by atoms with Gasteiger partial charge in [-0.1, -0.05) is 76.8 Å². The summed E-state index contributed by atoms with van der Waals surface area (Å²) in [4.78, 5) is 12.2. The summed E-state index contributed by atoms with van der Waals surface area (Å²) in [5, 5.41) is 20.6. The second-order valence-corrected chi connectivity index (χ2v) is 7.57. The number of aromatic hydroxyl groups is 2. The first-order chi connectivity index (χ1) is 13.0. The molecule has 0 heterocycles. The minimum Gasteiger partial charge on any atom is -0.504 e. The van der Waals surface area contributed by atoms with Crippen LogP contribution in [0.15, 0.2) is 0 Å². The van der Waals surface area contributed by atoms with E-state index in [2.05, 4.69) is 18.1 Å². The van der Waals surface area contributed by atoms with Crippen molar-refractivity contribution in [3.63, 3.8) is 0 Å². The molecule has 4 nitrogen and oxygen atoms in total. The first-order valence-corrected chi connectivity index (χ1v) is 10.8. The predicted octanol–water partition coefficient (Wildman–Crippen LogP) is 7.09. The molecular weight excluding hydrogens is 387 g/mol. The lowest BCUT2D eigenvalue weighted by atomic mass is 9.91. The molecule has 0 bridgehead atoms. The lowest BCUT2D eigenvalue weighted by molar-refractivity contribution is 0.0746. The summed E-state index contributed by atoms with van der Waals surface area (Å²) < 4.78 is 4.33. The fraction of sp³-hybridized carbons (Fsp3) is 0.667. The van der Waals surface area contributed by atoms with Crippen molar-refractivity contribution in [3.8, 4) is 11.5 Å². The zero-order valence-corrected chi connectivity index (χ0v) is 18.0. The Morgan fingerprint density at radius 1 is 0.815 bits per heavy atom. The number of halogens is 2. The molecule has 0 aliphatic carbocycles. The fourth-order valence-electron chi connectivity index (χ4n) is 3.40. The highest BCUT2D eigenvalue weighted by atomic mass is 35.5. The van der Waals surface area contributed by atoms with E-state index < -0.39 is 17.5 Å². The maximum atomic E-state index is 12.2. The average molecular weight is 419 g/mol. The highest BCUT2D eigenvalue weighted by Crippen LogP contribution is 2.43. The van der Waals surface area contributed by atoms with Crippen LogP contribution in [0.4, 0.5) is 0 Å². The van der Waals surface area contributed by atoms with Crippen LogP contribution >= 0.6 is 23.5 Å². The Morgan fingerprint density at radius 3 is 1.78 bits per heavy atom. The zero-order chi connectivity index (χ0) is 20.2. The van der Waals surface area contributed by atoms with Crippen molar-refractivity contribution < 1.29 is 19.3 Å². The van der Waals surface area contributed by atoms with Gasteiger partial charge in [-0.25, -0.2) is 4.79 Å². The smallest absolute Gasteiger partial charge is 0.360 e. The van der Waals surface area contributed by atoms with Gasteiger partial charge in [0.15, 0.2) is 11.5 Å². The van der Waals surface area contributed by atoms with E-state index in [0.29, 0.717) is 18.4 Å². The summed E-state index contributed by atoms with van der Waals surface area (Å²) in [5.41, 5.74) is 1.30. The molecule has 0 aliphatic rings. The Kier molecular flexibility index (Phi) is 11.6. The van der Waals surface area contributed by atoms with Crippen molar-refractivity contribution in [2.24, 2.45) is 0 Å². The number of rotatable bonds is 13. The van der Waals surface area contributed by atoms with E-state index in [-0.39, 0.29) is 10.6 Å². The van der Waals surface area contributed by atoms with Gasteiger partial charge in [-0.3, -0.25) is 0 Å². The summed E-state index contributed by atoms with van der Waals surface area (Å²) in [7, 11) is 0. The van der Waals surface area contributed by atoms with Gasteiger partial charge in [0.05, 0.1) is 5.02 Å². The third-order valence-corrected chi connectivity index (χ3v) is 5.48. The number of hydrogen-bond acceptors (Lipinski definition) is 4. The summed E-state index contributed by atoms with van der Waals surface area (Å²) in [6.45, 7) is 4.32. The quantitative estimate of drug-likeness (QED) is 0.265. The Balaban J connectivity index is 3.11. The topological polar surface area (TPSA) is 66.8 Å². The van der Waals surface area contributed by atoms with Crippen molar-refractivity contribution in [1.82, 2.24) is 0 Å². The fourth-order valence-corrected chi connectivity index (χ4v) is 3.77. The summed E-state index contributed by atoms with van der Waals surface area (Å²) >= 11 is 11.6. The number of hydrogen-bond donors (Lipinski definition) is 2. The molecule has 1 aromatic rings. The molecule has 2 N–H and O–H groups in total. The lowest BCUT2D eigenvalue weighted by Crippen LogP contribution is -2.09. The van der Waals surface area contributed by atoms with E-state index in [1.807, 2.05) is 0 Å². The Hall–Kier alpha value is -1.13. The lowest BCUT2D eigenvalue weighted by Gasteiger charge is -2.18. The minimum atomic E-state index is -0.864. The van der Waals surface area contributed by atoms with E-state index in [1.54, 1.807) is 0 Å². The largest absolute Gasteiger partial charge is 0.504 e. The van der Waals surface area contributed by atoms with Crippen LogP contribution in [0.3, 0.4) is 0 Å². The van der Waals surface area contributed by atoms with Crippen LogP contribution in [0, 0.1) is 0 Å². The number of phenolic OH excluding ortho intramolecular Hbond substituents is 2. The van der Waals surface area contributed by atoms with Crippen LogP contribution in [0.2, 0.25) is 5.02 Å². The maximum absolute atomic E-state index is 12.2. The molecule has 154 valence electrons. The second kappa shape index (κ2) is 13.1. The molecule has 0 saturated heterocycles. The molecule has 0 amide bonds. The van der Waals surface area contributed by atoms with Crippen molar-refractivity contribution in [3.05, 3.63) is 21.7 Å². The van der Waals surface area contributed by atoms with Gasteiger partial charge in [-0.15, -0.1) is 0 Å². The monoisotopic (exact) mass is 418 g/mol. The molecule has 0 saturated carbocycles. The number of benzene rings is 1. The molecule has 6 heteroatoms. The van der Waals surface area contributed by atoms with Gasteiger partial charge in [0.25, 0.3) is 0 Å². The molecule has 1 rings (SSSR count). The third-order valence-electron chi connectivity index (χ3n) is 4.93. The summed E-state index contributed by atoms with van der Waals surface area (Å²) in [6.07, 6.45) is 12.0. The molecule has 0 fully saturated rings. The number of phenols is 2. The van der Waals surface area contributed by atoms with Crippen LogP contribution in [0.5, 0.6) is 11.5 Å². The molecule has 0 aromatic heterocycles. The normalized spacial score (nSPS) is 11.0. The number of carbonyl (C=O) groups excluding carboxylic acids is 1. The minimum absolute atomic E-state index is 0.0639. The molecule has 27 heavy (non-hydrogen) atoms. The van der Waals surface area contributed by atoms with Crippen LogP contribution in [-0.2, 0) is 17.1 Å². The predicted molar refractivity (Wildman–Crippen MR) is 111 cm³/mol. The first-order valence-electron chi connectivity index (χ1n) is 10.1. The molecule has 0 aliphatic heterocycles. The van der Waals surface area contributed by atoms with E-state index in [0.717, 1.165) is 56.9 Å². The second-order valence-electron chi connectivity index (χ2n) is 7.04. The van der Waals surface area contributed by atoms with Crippen molar-refractivity contribution in [1.29, 1.82) is 0 Å². The van der Waals surface area contributed by atoms with Gasteiger partial charge < -0.3 is 14.5 Å². The summed E-state index contributed by atoms with van der Waals surface area (Å²) in [5.74, 6) is -1.90. The molecular formula is C21H32Cl2O4. The zero-order valence-electron chi connectivity index (χ0n) is 16.5. The van der Waals surface area contributed by atoms with Crippen molar-refractivity contribution in [2.75, 3.05) is 0 Å². The Bertz CT molecular complexity index is 603. The SMILES string of the molecule is CCCCCCCc1c(Cl)c(O)c(O)c(C(=O)OCl)c1CCCCCCC. The first kappa shape index (κ1) is 23.9. The van der Waals surface area contributed by atoms with E-state index in [4.69, 9.17) is 23.5 Å². The van der Waals surface area contributed by atoms with Crippen LogP contribution in [0.25, 0.3) is 0 Å². The van der Waals surface area contributed by atoms with E-state index >= 15 is 0 Å². The number of carbonyl (C=O) groups is 1. The third kappa shape index (κ3) is 7.08. The van der Waals surface area contributed by atoms with Gasteiger partial charge >= 0.3 is 5.97 Å². The van der Waals surface area contributed by atoms with Crippen LogP contribution < -0.4 is 0 Å². The van der Waals surface area contributed by atoms with E-state index in [9.17, 15) is 15.0 Å². The van der Waals surface area contributed by atoms with E-state index in [1.165, 1.54) is 12.8 Å². The van der Waals surface area contributed by atoms with Crippen molar-refractivity contribution in [2.45, 2.75) is 90.9 Å². The van der Waals surface area contributed by atoms with Crippen molar-refractivity contribution >= 4 is 29.4 Å². The maximum Gasteiger partial charge on any atom is 0.360 e. The van der Waals surface area contributed by atoms with Crippen LogP contribution in [-0.4, -0.2) is 16.2 Å². The van der Waals surface area contributed by atoms with Gasteiger partial charge in [0.2, 0.25) is 0 Å². The molecule has 1 aromatic carbocycles. The van der Waals surface area contributed by atoms with Gasteiger partial charge in [-0.05, 0) is 36.8 Å². The Morgan fingerprint density at radius 2 is 1.30 bits per heavy atom. The highest BCUT2D eigenvalue weighted by molar-refractivity contribution is 6.33. The molecule has 0 spiro atoms. The average Bonchev–Trinajstić information content (AvgIpc) is 2.67. The highest BCUT2D eigenvalue weighted by Gasteiger charge is 2.27.